The van der Waals surface area contributed by atoms with Crippen molar-refractivity contribution in [2.24, 2.45) is 0 Å². The second-order valence-corrected chi connectivity index (χ2v) is 8.81. The summed E-state index contributed by atoms with van der Waals surface area (Å²) in [5, 5.41) is 13.7. The molecular weight excluding hydrogens is 442 g/mol. The maximum absolute atomic E-state index is 12.6. The van der Waals surface area contributed by atoms with E-state index in [0.717, 1.165) is 48.4 Å². The molecule has 1 aliphatic rings. The Kier molecular flexibility index (Phi) is 6.80. The van der Waals surface area contributed by atoms with Crippen LogP contribution in [0.1, 0.15) is 45.9 Å². The molecule has 1 aromatic carbocycles. The molecule has 0 spiro atoms. The minimum absolute atomic E-state index is 0.322. The molecule has 2 aromatic heterocycles. The maximum Gasteiger partial charge on any atom is 0.338 e. The van der Waals surface area contributed by atoms with E-state index in [2.05, 4.69) is 48.8 Å². The zero-order chi connectivity index (χ0) is 23.5. The first-order valence-electron chi connectivity index (χ1n) is 10.8. The van der Waals surface area contributed by atoms with Crippen LogP contribution in [0.3, 0.4) is 0 Å². The summed E-state index contributed by atoms with van der Waals surface area (Å²) in [6.45, 7) is 5.93. The number of aromatic amines is 1. The third-order valence-electron chi connectivity index (χ3n) is 5.90. The second-order valence-electron chi connectivity index (χ2n) is 8.40. The number of rotatable bonds is 6. The van der Waals surface area contributed by atoms with E-state index in [1.54, 1.807) is 0 Å². The van der Waals surface area contributed by atoms with Gasteiger partial charge in [0.2, 0.25) is 5.95 Å². The average Bonchev–Trinajstić information content (AvgIpc) is 3.21. The van der Waals surface area contributed by atoms with Crippen molar-refractivity contribution in [2.75, 3.05) is 37.9 Å². The van der Waals surface area contributed by atoms with Gasteiger partial charge in [0, 0.05) is 17.4 Å². The number of nitrogens with one attached hydrogen (secondary N) is 3. The molecule has 1 saturated heterocycles. The molecule has 3 N–H and O–H groups in total. The zero-order valence-corrected chi connectivity index (χ0v) is 20.0. The van der Waals surface area contributed by atoms with Crippen LogP contribution in [0.5, 0.6) is 0 Å². The van der Waals surface area contributed by atoms with Gasteiger partial charge in [-0.2, -0.15) is 10.1 Å². The van der Waals surface area contributed by atoms with E-state index in [1.807, 2.05) is 26.0 Å². The summed E-state index contributed by atoms with van der Waals surface area (Å²) < 4.78 is 5.09. The van der Waals surface area contributed by atoms with Crippen LogP contribution in [0, 0.1) is 13.8 Å². The monoisotopic (exact) mass is 469 g/mol. The molecular formula is C23H28ClN7O2. The number of carbonyl (C=O) groups is 1. The van der Waals surface area contributed by atoms with E-state index >= 15 is 0 Å². The summed E-state index contributed by atoms with van der Waals surface area (Å²) in [5.41, 5.74) is 4.24. The summed E-state index contributed by atoms with van der Waals surface area (Å²) in [7, 11) is 3.53. The van der Waals surface area contributed by atoms with Crippen LogP contribution >= 0.6 is 11.6 Å². The van der Waals surface area contributed by atoms with E-state index in [1.165, 1.54) is 13.3 Å². The lowest BCUT2D eigenvalue weighted by Crippen LogP contribution is -2.30. The number of H-pyrrole nitrogens is 1. The summed E-state index contributed by atoms with van der Waals surface area (Å²) in [4.78, 5) is 23.7. The predicted molar refractivity (Wildman–Crippen MR) is 129 cm³/mol. The van der Waals surface area contributed by atoms with Gasteiger partial charge in [-0.3, -0.25) is 5.10 Å². The number of anilines is 4. The van der Waals surface area contributed by atoms with Crippen LogP contribution in [0.15, 0.2) is 24.4 Å². The first-order valence-corrected chi connectivity index (χ1v) is 11.2. The molecule has 0 aliphatic carbocycles. The minimum atomic E-state index is -0.347. The third-order valence-corrected chi connectivity index (χ3v) is 6.18. The smallest absolute Gasteiger partial charge is 0.338 e. The van der Waals surface area contributed by atoms with Crippen LogP contribution in [-0.4, -0.2) is 58.3 Å². The van der Waals surface area contributed by atoms with Gasteiger partial charge in [0.1, 0.15) is 5.02 Å². The van der Waals surface area contributed by atoms with Gasteiger partial charge in [-0.05, 0) is 69.9 Å². The highest BCUT2D eigenvalue weighted by atomic mass is 35.5. The van der Waals surface area contributed by atoms with E-state index < -0.39 is 0 Å². The first kappa shape index (κ1) is 23.0. The Hall–Kier alpha value is -3.17. The molecule has 3 heterocycles. The van der Waals surface area contributed by atoms with Crippen molar-refractivity contribution in [3.05, 3.63) is 51.8 Å². The van der Waals surface area contributed by atoms with Crippen molar-refractivity contribution in [3.63, 3.8) is 0 Å². The lowest BCUT2D eigenvalue weighted by Gasteiger charge is -2.30. The van der Waals surface area contributed by atoms with Crippen molar-refractivity contribution in [2.45, 2.75) is 32.6 Å². The summed E-state index contributed by atoms with van der Waals surface area (Å²) in [5.74, 6) is 1.35. The molecule has 0 saturated carbocycles. The largest absolute Gasteiger partial charge is 0.465 e. The number of halogens is 1. The molecule has 10 heteroatoms. The Balaban J connectivity index is 1.62. The van der Waals surface area contributed by atoms with Crippen LogP contribution < -0.4 is 10.6 Å². The number of benzene rings is 1. The number of piperidine rings is 1. The van der Waals surface area contributed by atoms with Gasteiger partial charge < -0.3 is 20.3 Å². The molecule has 0 bridgehead atoms. The van der Waals surface area contributed by atoms with Crippen LogP contribution in [0.4, 0.5) is 23.3 Å². The number of aromatic nitrogens is 4. The Morgan fingerprint density at radius 2 is 1.97 bits per heavy atom. The molecule has 9 nitrogen and oxygen atoms in total. The number of hydrogen-bond donors (Lipinski definition) is 3. The number of hydrogen-bond acceptors (Lipinski definition) is 8. The first-order chi connectivity index (χ1) is 15.8. The van der Waals surface area contributed by atoms with E-state index in [0.29, 0.717) is 34.1 Å². The molecule has 174 valence electrons. The van der Waals surface area contributed by atoms with Gasteiger partial charge in [0.25, 0.3) is 0 Å². The van der Waals surface area contributed by atoms with Crippen LogP contribution in [-0.2, 0) is 4.74 Å². The minimum Gasteiger partial charge on any atom is -0.465 e. The molecule has 0 unspecified atom stereocenters. The zero-order valence-electron chi connectivity index (χ0n) is 19.2. The topological polar surface area (TPSA) is 108 Å². The van der Waals surface area contributed by atoms with Gasteiger partial charge in [-0.25, -0.2) is 9.78 Å². The molecule has 1 fully saturated rings. The van der Waals surface area contributed by atoms with Gasteiger partial charge >= 0.3 is 5.97 Å². The molecule has 0 atom stereocenters. The summed E-state index contributed by atoms with van der Waals surface area (Å²) in [6, 6.07) is 5.75. The lowest BCUT2D eigenvalue weighted by atomic mass is 9.85. The fourth-order valence-electron chi connectivity index (χ4n) is 4.05. The lowest BCUT2D eigenvalue weighted by molar-refractivity contribution is 0.0598. The van der Waals surface area contributed by atoms with Crippen LogP contribution in [0.25, 0.3) is 0 Å². The number of methoxy groups -OCH3 is 1. The molecule has 3 aromatic rings. The fourth-order valence-corrected chi connectivity index (χ4v) is 4.19. The highest BCUT2D eigenvalue weighted by molar-refractivity contribution is 6.32. The molecule has 0 amide bonds. The highest BCUT2D eigenvalue weighted by Crippen LogP contribution is 2.34. The van der Waals surface area contributed by atoms with Crippen LogP contribution in [0.2, 0.25) is 5.02 Å². The number of nitrogens with zero attached hydrogens (tertiary/aromatic N) is 4. The van der Waals surface area contributed by atoms with Crippen molar-refractivity contribution in [1.29, 1.82) is 0 Å². The molecule has 0 radical (unpaired) electrons. The fraction of sp³-hybridized carbons (Fsp3) is 0.391. The predicted octanol–water partition coefficient (Wildman–Crippen LogP) is 4.55. The molecule has 1 aliphatic heterocycles. The molecule has 33 heavy (non-hydrogen) atoms. The Labute approximate surface area is 197 Å². The van der Waals surface area contributed by atoms with Gasteiger partial charge in [-0.15, -0.1) is 0 Å². The van der Waals surface area contributed by atoms with Crippen molar-refractivity contribution in [3.8, 4) is 0 Å². The maximum atomic E-state index is 12.6. The standard InChI is InChI=1S/C23H28ClN7O2/c1-13-9-16(15-5-7-31(3)8-6-15)17(22(32)33-4)11-19(13)26-23-25-12-18(24)21(28-23)27-20-10-14(2)29-30-20/h9-12,15H,5-8H2,1-4H3,(H3,25,26,27,28,29,30). The third kappa shape index (κ3) is 5.26. The van der Waals surface area contributed by atoms with Gasteiger partial charge in [0.15, 0.2) is 11.6 Å². The van der Waals surface area contributed by atoms with E-state index in [9.17, 15) is 4.79 Å². The van der Waals surface area contributed by atoms with Crippen molar-refractivity contribution >= 4 is 40.8 Å². The highest BCUT2D eigenvalue weighted by Gasteiger charge is 2.25. The normalized spacial score (nSPS) is 14.8. The number of carbonyl (C=O) groups excluding carboxylic acids is 1. The summed E-state index contributed by atoms with van der Waals surface area (Å²) in [6.07, 6.45) is 3.53. The second kappa shape index (κ2) is 9.76. The van der Waals surface area contributed by atoms with E-state index in [4.69, 9.17) is 16.3 Å². The number of likely N-dealkylation sites (tertiary alicyclic amines) is 1. The number of esters is 1. The molecule has 4 rings (SSSR count). The Morgan fingerprint density at radius 3 is 2.64 bits per heavy atom. The van der Waals surface area contributed by atoms with Gasteiger partial charge in [0.05, 0.1) is 18.9 Å². The number of ether oxygens (including phenoxy) is 1. The Morgan fingerprint density at radius 1 is 1.21 bits per heavy atom. The summed E-state index contributed by atoms with van der Waals surface area (Å²) >= 11 is 6.27. The van der Waals surface area contributed by atoms with Crippen molar-refractivity contribution < 1.29 is 9.53 Å². The SMILES string of the molecule is COC(=O)c1cc(Nc2ncc(Cl)c(Nc3cc(C)[nH]n3)n2)c(C)cc1C1CCN(C)CC1. The Bertz CT molecular complexity index is 1160. The quantitative estimate of drug-likeness (QED) is 0.451. The average molecular weight is 470 g/mol. The van der Waals surface area contributed by atoms with E-state index in [-0.39, 0.29) is 5.97 Å². The number of aryl methyl sites for hydroxylation is 2. The van der Waals surface area contributed by atoms with Crippen molar-refractivity contribution in [1.82, 2.24) is 25.1 Å². The van der Waals surface area contributed by atoms with Gasteiger partial charge in [-0.1, -0.05) is 17.7 Å².